The van der Waals surface area contributed by atoms with Crippen molar-refractivity contribution in [1.29, 1.82) is 0 Å². The van der Waals surface area contributed by atoms with Gasteiger partial charge in [0, 0.05) is 0 Å². The van der Waals surface area contributed by atoms with Crippen LogP contribution in [0.25, 0.3) is 5.69 Å². The van der Waals surface area contributed by atoms with E-state index < -0.39 is 0 Å². The zero-order chi connectivity index (χ0) is 15.5. The number of hydrogen-bond donors (Lipinski definition) is 2. The SMILES string of the molecule is Cc1nc(C(C)NC(=O)c2ccccc2-n2cncn2)n[nH]1. The van der Waals surface area contributed by atoms with Gasteiger partial charge in [0.25, 0.3) is 5.91 Å². The minimum atomic E-state index is -0.304. The van der Waals surface area contributed by atoms with Gasteiger partial charge in [-0.05, 0) is 26.0 Å². The molecule has 8 heteroatoms. The first kappa shape index (κ1) is 13.9. The van der Waals surface area contributed by atoms with Crippen molar-refractivity contribution in [2.45, 2.75) is 19.9 Å². The maximum atomic E-state index is 12.5. The van der Waals surface area contributed by atoms with Crippen LogP contribution in [-0.2, 0) is 0 Å². The van der Waals surface area contributed by atoms with E-state index in [4.69, 9.17) is 0 Å². The molecule has 3 rings (SSSR count). The number of nitrogens with zero attached hydrogens (tertiary/aromatic N) is 5. The molecule has 1 unspecified atom stereocenters. The van der Waals surface area contributed by atoms with Crippen LogP contribution in [-0.4, -0.2) is 35.9 Å². The smallest absolute Gasteiger partial charge is 0.254 e. The van der Waals surface area contributed by atoms with Crippen LogP contribution in [0.2, 0.25) is 0 Å². The highest BCUT2D eigenvalue weighted by Gasteiger charge is 2.18. The highest BCUT2D eigenvalue weighted by Crippen LogP contribution is 2.15. The molecule has 0 aliphatic rings. The minimum Gasteiger partial charge on any atom is -0.342 e. The topological polar surface area (TPSA) is 101 Å². The predicted molar refractivity (Wildman–Crippen MR) is 78.4 cm³/mol. The van der Waals surface area contributed by atoms with Gasteiger partial charge >= 0.3 is 0 Å². The van der Waals surface area contributed by atoms with Gasteiger partial charge in [-0.1, -0.05) is 12.1 Å². The Hall–Kier alpha value is -3.03. The summed E-state index contributed by atoms with van der Waals surface area (Å²) in [6, 6.07) is 6.89. The summed E-state index contributed by atoms with van der Waals surface area (Å²) in [5.41, 5.74) is 1.17. The zero-order valence-corrected chi connectivity index (χ0v) is 12.2. The van der Waals surface area contributed by atoms with E-state index in [0.717, 1.165) is 0 Å². The molecule has 0 bridgehead atoms. The maximum absolute atomic E-state index is 12.5. The molecule has 0 fully saturated rings. The lowest BCUT2D eigenvalue weighted by molar-refractivity contribution is 0.0938. The van der Waals surface area contributed by atoms with Crippen molar-refractivity contribution in [2.75, 3.05) is 0 Å². The van der Waals surface area contributed by atoms with Crippen LogP contribution in [0, 0.1) is 6.92 Å². The number of aromatic amines is 1. The molecule has 0 saturated carbocycles. The summed E-state index contributed by atoms with van der Waals surface area (Å²) in [5.74, 6) is 1.03. The standard InChI is InChI=1S/C14H15N7O/c1-9(13-18-10(2)19-20-13)17-14(22)11-5-3-4-6-12(11)21-8-15-7-16-21/h3-9H,1-2H3,(H,17,22)(H,18,19,20). The Labute approximate surface area is 126 Å². The third-order valence-electron chi connectivity index (χ3n) is 3.16. The van der Waals surface area contributed by atoms with E-state index in [0.29, 0.717) is 22.9 Å². The number of carbonyl (C=O) groups excluding carboxylic acids is 1. The van der Waals surface area contributed by atoms with Crippen LogP contribution in [0.3, 0.4) is 0 Å². The normalized spacial score (nSPS) is 12.1. The molecule has 0 spiro atoms. The molecule has 1 atom stereocenters. The van der Waals surface area contributed by atoms with E-state index in [-0.39, 0.29) is 11.9 Å². The van der Waals surface area contributed by atoms with Gasteiger partial charge in [-0.15, -0.1) is 0 Å². The first-order chi connectivity index (χ1) is 10.6. The predicted octanol–water partition coefficient (Wildman–Crippen LogP) is 1.18. The highest BCUT2D eigenvalue weighted by atomic mass is 16.1. The van der Waals surface area contributed by atoms with Crippen molar-refractivity contribution in [3.63, 3.8) is 0 Å². The summed E-state index contributed by atoms with van der Waals surface area (Å²) < 4.78 is 1.55. The number of benzene rings is 1. The number of para-hydroxylation sites is 1. The lowest BCUT2D eigenvalue weighted by Crippen LogP contribution is -2.28. The molecule has 2 heterocycles. The molecule has 0 aliphatic heterocycles. The van der Waals surface area contributed by atoms with Gasteiger partial charge in [0.05, 0.1) is 17.3 Å². The summed E-state index contributed by atoms with van der Waals surface area (Å²) in [7, 11) is 0. The van der Waals surface area contributed by atoms with Gasteiger partial charge in [-0.2, -0.15) is 10.2 Å². The van der Waals surface area contributed by atoms with Crippen molar-refractivity contribution >= 4 is 5.91 Å². The van der Waals surface area contributed by atoms with Gasteiger partial charge in [0.1, 0.15) is 18.5 Å². The van der Waals surface area contributed by atoms with Crippen LogP contribution < -0.4 is 5.32 Å². The molecule has 1 aromatic carbocycles. The second-order valence-corrected chi connectivity index (χ2v) is 4.83. The molecular weight excluding hydrogens is 282 g/mol. The molecule has 112 valence electrons. The molecule has 3 aromatic rings. The Bertz CT molecular complexity index is 778. The fourth-order valence-electron chi connectivity index (χ4n) is 2.09. The van der Waals surface area contributed by atoms with Gasteiger partial charge < -0.3 is 5.32 Å². The first-order valence-electron chi connectivity index (χ1n) is 6.79. The highest BCUT2D eigenvalue weighted by molar-refractivity contribution is 5.97. The lowest BCUT2D eigenvalue weighted by atomic mass is 10.1. The largest absolute Gasteiger partial charge is 0.342 e. The summed E-state index contributed by atoms with van der Waals surface area (Å²) in [4.78, 5) is 20.6. The molecule has 0 aliphatic carbocycles. The van der Waals surface area contributed by atoms with Crippen molar-refractivity contribution < 1.29 is 4.79 Å². The summed E-state index contributed by atoms with van der Waals surface area (Å²) >= 11 is 0. The molecule has 22 heavy (non-hydrogen) atoms. The van der Waals surface area contributed by atoms with E-state index in [9.17, 15) is 4.79 Å². The number of aryl methyl sites for hydroxylation is 1. The van der Waals surface area contributed by atoms with Crippen molar-refractivity contribution in [1.82, 2.24) is 35.3 Å². The van der Waals surface area contributed by atoms with Gasteiger partial charge in [0.15, 0.2) is 5.82 Å². The van der Waals surface area contributed by atoms with Gasteiger partial charge in [-0.25, -0.2) is 14.6 Å². The number of nitrogens with one attached hydrogen (secondary N) is 2. The van der Waals surface area contributed by atoms with Crippen LogP contribution in [0.15, 0.2) is 36.9 Å². The molecule has 8 nitrogen and oxygen atoms in total. The molecular formula is C14H15N7O. The minimum absolute atomic E-state index is 0.221. The van der Waals surface area contributed by atoms with Crippen LogP contribution in [0.1, 0.15) is 35.0 Å². The molecule has 2 N–H and O–H groups in total. The van der Waals surface area contributed by atoms with Crippen molar-refractivity contribution in [3.05, 3.63) is 54.1 Å². The zero-order valence-electron chi connectivity index (χ0n) is 12.2. The Balaban J connectivity index is 1.84. The number of carbonyl (C=O) groups is 1. The third kappa shape index (κ3) is 2.71. The monoisotopic (exact) mass is 297 g/mol. The Morgan fingerprint density at radius 2 is 2.18 bits per heavy atom. The number of rotatable bonds is 4. The van der Waals surface area contributed by atoms with Crippen molar-refractivity contribution in [3.8, 4) is 5.69 Å². The van der Waals surface area contributed by atoms with E-state index in [1.165, 1.54) is 6.33 Å². The third-order valence-corrected chi connectivity index (χ3v) is 3.16. The molecule has 2 aromatic heterocycles. The summed E-state index contributed by atoms with van der Waals surface area (Å²) in [6.45, 7) is 3.64. The quantitative estimate of drug-likeness (QED) is 0.753. The number of aromatic nitrogens is 6. The number of H-pyrrole nitrogens is 1. The van der Waals surface area contributed by atoms with Gasteiger partial charge in [0.2, 0.25) is 0 Å². The van der Waals surface area contributed by atoms with Gasteiger partial charge in [-0.3, -0.25) is 9.89 Å². The Morgan fingerprint density at radius 3 is 2.86 bits per heavy atom. The fraction of sp³-hybridized carbons (Fsp3) is 0.214. The average Bonchev–Trinajstić information content (AvgIpc) is 3.18. The van der Waals surface area contributed by atoms with E-state index in [1.54, 1.807) is 23.1 Å². The molecule has 0 saturated heterocycles. The Morgan fingerprint density at radius 1 is 1.36 bits per heavy atom. The summed E-state index contributed by atoms with van der Waals surface area (Å²) in [5, 5.41) is 13.8. The number of hydrogen-bond acceptors (Lipinski definition) is 5. The van der Waals surface area contributed by atoms with Crippen molar-refractivity contribution in [2.24, 2.45) is 0 Å². The summed E-state index contributed by atoms with van der Waals surface area (Å²) in [6.07, 6.45) is 2.97. The second kappa shape index (κ2) is 5.76. The lowest BCUT2D eigenvalue weighted by Gasteiger charge is -2.13. The number of amides is 1. The van der Waals surface area contributed by atoms with Crippen LogP contribution >= 0.6 is 0 Å². The fourth-order valence-corrected chi connectivity index (χ4v) is 2.09. The van der Waals surface area contributed by atoms with E-state index in [1.807, 2.05) is 26.0 Å². The molecule has 0 radical (unpaired) electrons. The van der Waals surface area contributed by atoms with E-state index >= 15 is 0 Å². The maximum Gasteiger partial charge on any atom is 0.254 e. The van der Waals surface area contributed by atoms with Crippen LogP contribution in [0.4, 0.5) is 0 Å². The first-order valence-corrected chi connectivity index (χ1v) is 6.79. The van der Waals surface area contributed by atoms with Crippen LogP contribution in [0.5, 0.6) is 0 Å². The Kier molecular flexibility index (Phi) is 3.65. The molecule has 1 amide bonds. The van der Waals surface area contributed by atoms with E-state index in [2.05, 4.69) is 30.6 Å². The second-order valence-electron chi connectivity index (χ2n) is 4.83. The average molecular weight is 297 g/mol.